The van der Waals surface area contributed by atoms with E-state index >= 15 is 0 Å². The molecule has 0 saturated carbocycles. The monoisotopic (exact) mass is 327 g/mol. The van der Waals surface area contributed by atoms with Gasteiger partial charge in [0.25, 0.3) is 0 Å². The molecule has 1 saturated heterocycles. The lowest BCUT2D eigenvalue weighted by Gasteiger charge is -2.41. The second-order valence-electron chi connectivity index (χ2n) is 7.06. The second-order valence-corrected chi connectivity index (χ2v) is 7.06. The van der Waals surface area contributed by atoms with Crippen LogP contribution >= 0.6 is 0 Å². The molecule has 5 heteroatoms. The zero-order valence-electron chi connectivity index (χ0n) is 14.3. The van der Waals surface area contributed by atoms with Crippen LogP contribution in [0.2, 0.25) is 0 Å². The third kappa shape index (κ3) is 3.83. The Morgan fingerprint density at radius 1 is 1.29 bits per heavy atom. The lowest BCUT2D eigenvalue weighted by molar-refractivity contribution is -0.133. The molecule has 2 aliphatic heterocycles. The van der Waals surface area contributed by atoms with E-state index in [4.69, 9.17) is 0 Å². The summed E-state index contributed by atoms with van der Waals surface area (Å²) in [6.45, 7) is 3.87. The van der Waals surface area contributed by atoms with E-state index in [0.29, 0.717) is 25.7 Å². The summed E-state index contributed by atoms with van der Waals surface area (Å²) in [7, 11) is 0. The summed E-state index contributed by atoms with van der Waals surface area (Å²) in [5.41, 5.74) is 4.76. The number of hydrogen-bond donors (Lipinski definition) is 1. The molecule has 2 amide bonds. The molecule has 128 valence electrons. The first kappa shape index (κ1) is 16.7. The van der Waals surface area contributed by atoms with E-state index in [9.17, 15) is 9.59 Å². The Morgan fingerprint density at radius 2 is 2.08 bits per heavy atom. The van der Waals surface area contributed by atoms with Gasteiger partial charge in [-0.25, -0.2) is 5.43 Å². The molecule has 2 heterocycles. The van der Waals surface area contributed by atoms with Crippen molar-refractivity contribution < 1.29 is 9.59 Å². The molecule has 1 N–H and O–H groups in total. The number of amides is 2. The predicted molar refractivity (Wildman–Crippen MR) is 93.7 cm³/mol. The van der Waals surface area contributed by atoms with E-state index in [2.05, 4.69) is 41.7 Å². The van der Waals surface area contributed by atoms with Crippen molar-refractivity contribution >= 4 is 17.5 Å². The van der Waals surface area contributed by atoms with Crippen LogP contribution in [0.1, 0.15) is 51.0 Å². The van der Waals surface area contributed by atoms with Crippen LogP contribution in [-0.2, 0) is 15.0 Å². The summed E-state index contributed by atoms with van der Waals surface area (Å²) in [5, 5.41) is 4.05. The van der Waals surface area contributed by atoms with Gasteiger partial charge in [0.05, 0.1) is 0 Å². The summed E-state index contributed by atoms with van der Waals surface area (Å²) in [6, 6.07) is 10.5. The van der Waals surface area contributed by atoms with E-state index in [1.54, 1.807) is 0 Å². The molecule has 1 fully saturated rings. The van der Waals surface area contributed by atoms with Gasteiger partial charge >= 0.3 is 0 Å². The molecule has 1 atom stereocenters. The first-order valence-electron chi connectivity index (χ1n) is 8.74. The third-order valence-electron chi connectivity index (χ3n) is 5.13. The summed E-state index contributed by atoms with van der Waals surface area (Å²) in [4.78, 5) is 25.7. The summed E-state index contributed by atoms with van der Waals surface area (Å²) >= 11 is 0. The molecular weight excluding hydrogens is 302 g/mol. The number of nitrogens with zero attached hydrogens (tertiary/aromatic N) is 2. The zero-order chi connectivity index (χ0) is 17.0. The Morgan fingerprint density at radius 3 is 2.79 bits per heavy atom. The van der Waals surface area contributed by atoms with Gasteiger partial charge in [-0.2, -0.15) is 5.10 Å². The number of piperidine rings is 1. The van der Waals surface area contributed by atoms with E-state index < -0.39 is 0 Å². The lowest BCUT2D eigenvalue weighted by Crippen LogP contribution is -2.47. The van der Waals surface area contributed by atoms with Crippen molar-refractivity contribution in [1.82, 2.24) is 10.3 Å². The number of carbonyl (C=O) groups excluding carboxylic acids is 2. The molecule has 0 bridgehead atoms. The molecule has 1 aromatic carbocycles. The van der Waals surface area contributed by atoms with Crippen LogP contribution in [-0.4, -0.2) is 35.5 Å². The van der Waals surface area contributed by atoms with Gasteiger partial charge in [0.2, 0.25) is 11.8 Å². The van der Waals surface area contributed by atoms with Crippen LogP contribution < -0.4 is 5.43 Å². The van der Waals surface area contributed by atoms with Gasteiger partial charge in [-0.15, -0.1) is 0 Å². The first-order chi connectivity index (χ1) is 11.6. The van der Waals surface area contributed by atoms with Gasteiger partial charge in [-0.05, 0) is 31.2 Å². The van der Waals surface area contributed by atoms with Crippen molar-refractivity contribution in [2.24, 2.45) is 5.10 Å². The molecule has 3 rings (SSSR count). The van der Waals surface area contributed by atoms with E-state index in [0.717, 1.165) is 31.6 Å². The second kappa shape index (κ2) is 7.16. The number of benzene rings is 1. The third-order valence-corrected chi connectivity index (χ3v) is 5.13. The van der Waals surface area contributed by atoms with Gasteiger partial charge in [0.1, 0.15) is 0 Å². The van der Waals surface area contributed by atoms with E-state index in [-0.39, 0.29) is 17.2 Å². The van der Waals surface area contributed by atoms with Crippen LogP contribution in [0, 0.1) is 0 Å². The van der Waals surface area contributed by atoms with Gasteiger partial charge in [0.15, 0.2) is 0 Å². The smallest absolute Gasteiger partial charge is 0.240 e. The number of hydrazone groups is 1. The van der Waals surface area contributed by atoms with Crippen LogP contribution in [0.5, 0.6) is 0 Å². The van der Waals surface area contributed by atoms with Crippen LogP contribution in [0.25, 0.3) is 0 Å². The maximum absolute atomic E-state index is 12.6. The molecule has 0 spiro atoms. The molecule has 0 aliphatic carbocycles. The minimum atomic E-state index is -0.0419. The molecule has 24 heavy (non-hydrogen) atoms. The predicted octanol–water partition coefficient (Wildman–Crippen LogP) is 2.61. The fourth-order valence-corrected chi connectivity index (χ4v) is 3.63. The highest BCUT2D eigenvalue weighted by molar-refractivity contribution is 5.94. The highest BCUT2D eigenvalue weighted by Gasteiger charge is 2.34. The van der Waals surface area contributed by atoms with E-state index in [1.165, 1.54) is 5.56 Å². The minimum Gasteiger partial charge on any atom is -0.342 e. The van der Waals surface area contributed by atoms with Gasteiger partial charge in [-0.1, -0.05) is 37.3 Å². The molecule has 0 radical (unpaired) electrons. The van der Waals surface area contributed by atoms with Gasteiger partial charge in [-0.3, -0.25) is 9.59 Å². The maximum Gasteiger partial charge on any atom is 0.240 e. The SMILES string of the molecule is C[C@@]1(c2ccccc2)CCCN(C(=O)CCC2=NNC(=O)CC2)C1. The Bertz CT molecular complexity index is 641. The highest BCUT2D eigenvalue weighted by atomic mass is 16.2. The number of likely N-dealkylation sites (tertiary alicyclic amines) is 1. The van der Waals surface area contributed by atoms with Crippen molar-refractivity contribution in [3.8, 4) is 0 Å². The van der Waals surface area contributed by atoms with Crippen molar-refractivity contribution in [2.75, 3.05) is 13.1 Å². The van der Waals surface area contributed by atoms with Crippen molar-refractivity contribution in [1.29, 1.82) is 0 Å². The van der Waals surface area contributed by atoms with Crippen LogP contribution in [0.3, 0.4) is 0 Å². The Hall–Kier alpha value is -2.17. The maximum atomic E-state index is 12.6. The van der Waals surface area contributed by atoms with Crippen molar-refractivity contribution in [3.05, 3.63) is 35.9 Å². The van der Waals surface area contributed by atoms with Crippen LogP contribution in [0.15, 0.2) is 35.4 Å². The number of nitrogens with one attached hydrogen (secondary N) is 1. The van der Waals surface area contributed by atoms with Gasteiger partial charge < -0.3 is 4.90 Å². The Kier molecular flexibility index (Phi) is 4.97. The molecule has 5 nitrogen and oxygen atoms in total. The molecule has 0 aromatic heterocycles. The largest absolute Gasteiger partial charge is 0.342 e. The fraction of sp³-hybridized carbons (Fsp3) is 0.526. The first-order valence-corrected chi connectivity index (χ1v) is 8.74. The van der Waals surface area contributed by atoms with Crippen LogP contribution in [0.4, 0.5) is 0 Å². The Balaban J connectivity index is 1.58. The van der Waals surface area contributed by atoms with Crippen molar-refractivity contribution in [3.63, 3.8) is 0 Å². The average Bonchev–Trinajstić information content (AvgIpc) is 2.62. The number of rotatable bonds is 4. The van der Waals surface area contributed by atoms with Gasteiger partial charge in [0, 0.05) is 37.1 Å². The highest BCUT2D eigenvalue weighted by Crippen LogP contribution is 2.33. The summed E-state index contributed by atoms with van der Waals surface area (Å²) in [6.07, 6.45) is 4.40. The lowest BCUT2D eigenvalue weighted by atomic mass is 9.76. The minimum absolute atomic E-state index is 0.0332. The van der Waals surface area contributed by atoms with Crippen molar-refractivity contribution in [2.45, 2.75) is 50.9 Å². The number of carbonyl (C=O) groups is 2. The fourth-order valence-electron chi connectivity index (χ4n) is 3.63. The summed E-state index contributed by atoms with van der Waals surface area (Å²) in [5.74, 6) is 0.149. The number of hydrogen-bond acceptors (Lipinski definition) is 3. The molecule has 2 aliphatic rings. The summed E-state index contributed by atoms with van der Waals surface area (Å²) < 4.78 is 0. The average molecular weight is 327 g/mol. The quantitative estimate of drug-likeness (QED) is 0.924. The standard InChI is InChI=1S/C19H25N3O2/c1-19(15-6-3-2-4-7-15)12-5-13-22(14-19)18(24)11-9-16-8-10-17(23)21-20-16/h2-4,6-7H,5,8-14H2,1H3,(H,21,23)/t19-/m1/s1. The molecule has 0 unspecified atom stereocenters. The van der Waals surface area contributed by atoms with E-state index in [1.807, 2.05) is 11.0 Å². The topological polar surface area (TPSA) is 61.8 Å². The Labute approximate surface area is 143 Å². The molecule has 1 aromatic rings. The molecular formula is C19H25N3O2. The normalized spacial score (nSPS) is 24.3. The zero-order valence-corrected chi connectivity index (χ0v) is 14.3.